The van der Waals surface area contributed by atoms with Crippen molar-refractivity contribution in [3.63, 3.8) is 0 Å². The second-order valence-electron chi connectivity index (χ2n) is 4.86. The van der Waals surface area contributed by atoms with E-state index in [0.29, 0.717) is 13.0 Å². The van der Waals surface area contributed by atoms with Gasteiger partial charge in [0.05, 0.1) is 6.04 Å². The lowest BCUT2D eigenvalue weighted by atomic mass is 9.95. The number of piperidine rings is 1. The van der Waals surface area contributed by atoms with Gasteiger partial charge in [-0.2, -0.15) is 0 Å². The molecule has 2 amide bonds. The Balaban J connectivity index is 2.74. The lowest BCUT2D eigenvalue weighted by Gasteiger charge is -2.36. The van der Waals surface area contributed by atoms with Crippen molar-refractivity contribution in [3.05, 3.63) is 0 Å². The normalized spacial score (nSPS) is 24.2. The summed E-state index contributed by atoms with van der Waals surface area (Å²) in [5.74, 6) is -0.435. The van der Waals surface area contributed by atoms with Crippen molar-refractivity contribution in [2.45, 2.75) is 51.6 Å². The fourth-order valence-corrected chi connectivity index (χ4v) is 2.18. The molecule has 17 heavy (non-hydrogen) atoms. The van der Waals surface area contributed by atoms with Crippen molar-refractivity contribution in [3.8, 4) is 0 Å². The first-order valence-electron chi connectivity index (χ1n) is 6.34. The molecule has 98 valence electrons. The van der Waals surface area contributed by atoms with Crippen molar-refractivity contribution >= 4 is 11.8 Å². The third-order valence-electron chi connectivity index (χ3n) is 3.66. The molecule has 1 aliphatic rings. The zero-order valence-corrected chi connectivity index (χ0v) is 10.7. The molecule has 1 aliphatic heterocycles. The number of carbonyl (C=O) groups excluding carboxylic acids is 2. The van der Waals surface area contributed by atoms with Gasteiger partial charge in [0.25, 0.3) is 0 Å². The molecule has 0 aliphatic carbocycles. The Morgan fingerprint density at radius 3 is 2.59 bits per heavy atom. The first-order chi connectivity index (χ1) is 7.99. The Morgan fingerprint density at radius 1 is 1.41 bits per heavy atom. The molecule has 1 saturated heterocycles. The van der Waals surface area contributed by atoms with E-state index in [1.165, 1.54) is 0 Å². The highest BCUT2D eigenvalue weighted by Crippen LogP contribution is 2.19. The molecule has 0 aromatic rings. The van der Waals surface area contributed by atoms with E-state index in [1.54, 1.807) is 4.90 Å². The molecule has 1 fully saturated rings. The highest BCUT2D eigenvalue weighted by molar-refractivity contribution is 5.89. The maximum absolute atomic E-state index is 12.2. The van der Waals surface area contributed by atoms with Crippen LogP contribution >= 0.6 is 0 Å². The van der Waals surface area contributed by atoms with Gasteiger partial charge in [-0.15, -0.1) is 0 Å². The van der Waals surface area contributed by atoms with Crippen LogP contribution < -0.4 is 11.5 Å². The van der Waals surface area contributed by atoms with Crippen molar-refractivity contribution in [1.29, 1.82) is 0 Å². The highest BCUT2D eigenvalue weighted by Gasteiger charge is 2.34. The fraction of sp³-hybridized carbons (Fsp3) is 0.833. The topological polar surface area (TPSA) is 89.4 Å². The zero-order valence-electron chi connectivity index (χ0n) is 10.7. The van der Waals surface area contributed by atoms with E-state index in [-0.39, 0.29) is 11.8 Å². The monoisotopic (exact) mass is 241 g/mol. The summed E-state index contributed by atoms with van der Waals surface area (Å²) in [6, 6.07) is -0.994. The van der Waals surface area contributed by atoms with E-state index in [9.17, 15) is 9.59 Å². The number of rotatable bonds is 4. The van der Waals surface area contributed by atoms with Crippen molar-refractivity contribution in [2.75, 3.05) is 6.54 Å². The largest absolute Gasteiger partial charge is 0.368 e. The van der Waals surface area contributed by atoms with Crippen LogP contribution in [0.2, 0.25) is 0 Å². The Bertz CT molecular complexity index is 293. The Kier molecular flexibility index (Phi) is 4.93. The van der Waals surface area contributed by atoms with Gasteiger partial charge in [-0.1, -0.05) is 20.3 Å². The minimum atomic E-state index is -0.528. The number of nitrogens with two attached hydrogens (primary N) is 2. The number of hydrogen-bond donors (Lipinski definition) is 2. The van der Waals surface area contributed by atoms with Gasteiger partial charge in [0.1, 0.15) is 6.04 Å². The first kappa shape index (κ1) is 14.0. The molecule has 0 radical (unpaired) electrons. The third-order valence-corrected chi connectivity index (χ3v) is 3.66. The van der Waals surface area contributed by atoms with E-state index < -0.39 is 18.0 Å². The average molecular weight is 241 g/mol. The van der Waals surface area contributed by atoms with Crippen LogP contribution in [0.25, 0.3) is 0 Å². The molecule has 0 aromatic heterocycles. The second kappa shape index (κ2) is 6.00. The van der Waals surface area contributed by atoms with Gasteiger partial charge in [-0.3, -0.25) is 9.59 Å². The minimum absolute atomic E-state index is 0.123. The van der Waals surface area contributed by atoms with Crippen LogP contribution in [0.15, 0.2) is 0 Å². The zero-order chi connectivity index (χ0) is 13.0. The van der Waals surface area contributed by atoms with Crippen molar-refractivity contribution in [1.82, 2.24) is 4.90 Å². The molecule has 0 bridgehead atoms. The molecule has 5 nitrogen and oxygen atoms in total. The predicted molar refractivity (Wildman–Crippen MR) is 66.0 cm³/mol. The Morgan fingerprint density at radius 2 is 2.06 bits per heavy atom. The van der Waals surface area contributed by atoms with E-state index in [0.717, 1.165) is 19.3 Å². The van der Waals surface area contributed by atoms with Gasteiger partial charge in [-0.05, 0) is 25.2 Å². The van der Waals surface area contributed by atoms with E-state index in [4.69, 9.17) is 11.5 Å². The molecule has 1 heterocycles. The second-order valence-corrected chi connectivity index (χ2v) is 4.86. The quantitative estimate of drug-likeness (QED) is 0.738. The van der Waals surface area contributed by atoms with Crippen LogP contribution in [0.5, 0.6) is 0 Å². The summed E-state index contributed by atoms with van der Waals surface area (Å²) in [7, 11) is 0. The summed E-state index contributed by atoms with van der Waals surface area (Å²) in [4.78, 5) is 25.1. The molecule has 1 rings (SSSR count). The summed E-state index contributed by atoms with van der Waals surface area (Å²) < 4.78 is 0. The maximum Gasteiger partial charge on any atom is 0.240 e. The van der Waals surface area contributed by atoms with Gasteiger partial charge in [0.15, 0.2) is 0 Å². The number of likely N-dealkylation sites (tertiary alicyclic amines) is 1. The molecular weight excluding hydrogens is 218 g/mol. The van der Waals surface area contributed by atoms with Gasteiger partial charge < -0.3 is 16.4 Å². The number of amides is 2. The molecule has 0 saturated carbocycles. The average Bonchev–Trinajstić information content (AvgIpc) is 2.35. The standard InChI is InChI=1S/C12H23N3O2/c1-3-8(2)10(13)12(17)15-7-5-4-6-9(15)11(14)16/h8-10H,3-7,13H2,1-2H3,(H2,14,16)/t8?,9?,10-/m0/s1. The lowest BCUT2D eigenvalue weighted by Crippen LogP contribution is -2.56. The van der Waals surface area contributed by atoms with Crippen LogP contribution in [0.3, 0.4) is 0 Å². The van der Waals surface area contributed by atoms with Gasteiger partial charge >= 0.3 is 0 Å². The first-order valence-corrected chi connectivity index (χ1v) is 6.34. The smallest absolute Gasteiger partial charge is 0.240 e. The molecule has 4 N–H and O–H groups in total. The third kappa shape index (κ3) is 3.19. The number of hydrogen-bond acceptors (Lipinski definition) is 3. The van der Waals surface area contributed by atoms with Crippen LogP contribution in [0, 0.1) is 5.92 Å². The number of nitrogens with zero attached hydrogens (tertiary/aromatic N) is 1. The van der Waals surface area contributed by atoms with Crippen LogP contribution in [0.4, 0.5) is 0 Å². The van der Waals surface area contributed by atoms with Gasteiger partial charge in [-0.25, -0.2) is 0 Å². The maximum atomic E-state index is 12.2. The molecule has 5 heteroatoms. The number of primary amides is 1. The fourth-order valence-electron chi connectivity index (χ4n) is 2.18. The van der Waals surface area contributed by atoms with Crippen LogP contribution in [-0.2, 0) is 9.59 Å². The van der Waals surface area contributed by atoms with E-state index in [2.05, 4.69) is 0 Å². The van der Waals surface area contributed by atoms with Crippen LogP contribution in [-0.4, -0.2) is 35.3 Å². The summed E-state index contributed by atoms with van der Waals surface area (Å²) in [6.45, 7) is 4.54. The highest BCUT2D eigenvalue weighted by atomic mass is 16.2. The summed E-state index contributed by atoms with van der Waals surface area (Å²) >= 11 is 0. The van der Waals surface area contributed by atoms with Crippen LogP contribution in [0.1, 0.15) is 39.5 Å². The molecule has 0 aromatic carbocycles. The summed E-state index contributed by atoms with van der Waals surface area (Å²) in [5.41, 5.74) is 11.3. The van der Waals surface area contributed by atoms with Crippen molar-refractivity contribution in [2.24, 2.45) is 17.4 Å². The molecular formula is C12H23N3O2. The minimum Gasteiger partial charge on any atom is -0.368 e. The van der Waals surface area contributed by atoms with Crippen molar-refractivity contribution < 1.29 is 9.59 Å². The Labute approximate surface area is 103 Å². The molecule has 0 spiro atoms. The van der Waals surface area contributed by atoms with E-state index >= 15 is 0 Å². The van der Waals surface area contributed by atoms with Gasteiger partial charge in [0, 0.05) is 6.54 Å². The lowest BCUT2D eigenvalue weighted by molar-refractivity contribution is -0.143. The van der Waals surface area contributed by atoms with Gasteiger partial charge in [0.2, 0.25) is 11.8 Å². The SMILES string of the molecule is CCC(C)[C@H](N)C(=O)N1CCCCC1C(N)=O. The Hall–Kier alpha value is -1.10. The molecule has 2 unspecified atom stereocenters. The summed E-state index contributed by atoms with van der Waals surface area (Å²) in [5, 5.41) is 0. The van der Waals surface area contributed by atoms with E-state index in [1.807, 2.05) is 13.8 Å². The predicted octanol–water partition coefficient (Wildman–Crippen LogP) is 0.226. The molecule has 3 atom stereocenters. The summed E-state index contributed by atoms with van der Waals surface area (Å²) in [6.07, 6.45) is 3.37. The number of carbonyl (C=O) groups is 2.